The Morgan fingerprint density at radius 2 is 1.75 bits per heavy atom. The Hall–Kier alpha value is -1.53. The molecular formula is C18H17F2NOS2. The van der Waals surface area contributed by atoms with Crippen molar-refractivity contribution in [2.24, 2.45) is 0 Å². The molecule has 2 aromatic carbocycles. The minimum absolute atomic E-state index is 0.231. The molecule has 1 N–H and O–H groups in total. The molecule has 0 aromatic heterocycles. The lowest BCUT2D eigenvalue weighted by atomic mass is 10.1. The third-order valence-electron chi connectivity index (χ3n) is 3.86. The summed E-state index contributed by atoms with van der Waals surface area (Å²) < 4.78 is 26.7. The molecule has 3 rings (SSSR count). The van der Waals surface area contributed by atoms with E-state index >= 15 is 0 Å². The number of hydrogen-bond donors (Lipinski definition) is 1. The van der Waals surface area contributed by atoms with Gasteiger partial charge in [-0.2, -0.15) is 0 Å². The Morgan fingerprint density at radius 1 is 1.08 bits per heavy atom. The van der Waals surface area contributed by atoms with Crippen molar-refractivity contribution in [2.75, 3.05) is 11.5 Å². The molecule has 1 fully saturated rings. The first-order valence-electron chi connectivity index (χ1n) is 7.63. The highest BCUT2D eigenvalue weighted by Crippen LogP contribution is 2.45. The maximum absolute atomic E-state index is 13.3. The van der Waals surface area contributed by atoms with Gasteiger partial charge in [0.15, 0.2) is 11.6 Å². The highest BCUT2D eigenvalue weighted by molar-refractivity contribution is 8.19. The number of nitrogens with one attached hydrogen (secondary N) is 1. The van der Waals surface area contributed by atoms with Crippen LogP contribution in [0.3, 0.4) is 0 Å². The number of benzene rings is 2. The van der Waals surface area contributed by atoms with Crippen LogP contribution in [0.25, 0.3) is 0 Å². The zero-order chi connectivity index (χ0) is 17.1. The number of amides is 1. The molecule has 0 aliphatic carbocycles. The highest BCUT2D eigenvalue weighted by atomic mass is 32.2. The van der Waals surface area contributed by atoms with E-state index < -0.39 is 17.7 Å². The molecule has 0 radical (unpaired) electrons. The van der Waals surface area contributed by atoms with Crippen LogP contribution < -0.4 is 5.32 Å². The summed E-state index contributed by atoms with van der Waals surface area (Å²) in [4.78, 5) is 12.3. The summed E-state index contributed by atoms with van der Waals surface area (Å²) in [6.07, 6.45) is 0. The van der Waals surface area contributed by atoms with Crippen molar-refractivity contribution in [3.05, 3.63) is 70.8 Å². The van der Waals surface area contributed by atoms with Crippen LogP contribution in [0.2, 0.25) is 0 Å². The molecule has 0 bridgehead atoms. The number of carbonyl (C=O) groups excluding carboxylic acids is 1. The fourth-order valence-electron chi connectivity index (χ4n) is 2.49. The fraction of sp³-hybridized carbons (Fsp3) is 0.278. The lowest BCUT2D eigenvalue weighted by molar-refractivity contribution is 0.0940. The second kappa shape index (κ2) is 7.57. The number of rotatable bonds is 4. The summed E-state index contributed by atoms with van der Waals surface area (Å²) in [6.45, 7) is 1.74. The molecule has 1 aliphatic heterocycles. The van der Waals surface area contributed by atoms with Crippen LogP contribution in [0.5, 0.6) is 0 Å². The van der Waals surface area contributed by atoms with Crippen LogP contribution in [-0.2, 0) is 0 Å². The number of carbonyl (C=O) groups is 1. The van der Waals surface area contributed by atoms with Crippen molar-refractivity contribution in [3.63, 3.8) is 0 Å². The normalized spacial score (nSPS) is 16.1. The van der Waals surface area contributed by atoms with E-state index in [1.807, 2.05) is 47.8 Å². The van der Waals surface area contributed by atoms with Crippen molar-refractivity contribution in [1.82, 2.24) is 5.32 Å². The molecule has 0 spiro atoms. The van der Waals surface area contributed by atoms with Gasteiger partial charge in [-0.05, 0) is 42.3 Å². The highest BCUT2D eigenvalue weighted by Gasteiger charge is 2.19. The van der Waals surface area contributed by atoms with Crippen LogP contribution in [0.15, 0.2) is 42.5 Å². The molecule has 1 heterocycles. The zero-order valence-corrected chi connectivity index (χ0v) is 14.7. The Bertz CT molecular complexity index is 730. The largest absolute Gasteiger partial charge is 0.346 e. The van der Waals surface area contributed by atoms with Gasteiger partial charge in [-0.25, -0.2) is 8.78 Å². The standard InChI is InChI=1S/C18H17F2NOS2/c1-11(14-6-7-15(19)16(20)10-14)21-17(22)12-2-4-13(5-3-12)18-23-8-9-24-18/h2-7,10-11,18H,8-9H2,1H3,(H,21,22)/t11-/m0/s1. The van der Waals surface area contributed by atoms with E-state index in [2.05, 4.69) is 5.32 Å². The summed E-state index contributed by atoms with van der Waals surface area (Å²) in [6, 6.07) is 10.8. The van der Waals surface area contributed by atoms with E-state index in [0.717, 1.165) is 23.6 Å². The molecule has 6 heteroatoms. The van der Waals surface area contributed by atoms with Gasteiger partial charge in [0.1, 0.15) is 0 Å². The molecule has 0 saturated carbocycles. The van der Waals surface area contributed by atoms with Crippen molar-refractivity contribution in [3.8, 4) is 0 Å². The first-order valence-corrected chi connectivity index (χ1v) is 9.73. The smallest absolute Gasteiger partial charge is 0.251 e. The second-order valence-electron chi connectivity index (χ2n) is 5.56. The Balaban J connectivity index is 1.66. The molecule has 24 heavy (non-hydrogen) atoms. The summed E-state index contributed by atoms with van der Waals surface area (Å²) in [5.41, 5.74) is 2.30. The Morgan fingerprint density at radius 3 is 2.38 bits per heavy atom. The molecule has 1 saturated heterocycles. The maximum Gasteiger partial charge on any atom is 0.251 e. The molecule has 1 amide bonds. The van der Waals surface area contributed by atoms with Gasteiger partial charge in [0.25, 0.3) is 5.91 Å². The Labute approximate surface area is 148 Å². The van der Waals surface area contributed by atoms with Gasteiger partial charge in [-0.15, -0.1) is 23.5 Å². The lowest BCUT2D eigenvalue weighted by Gasteiger charge is -2.15. The van der Waals surface area contributed by atoms with E-state index in [9.17, 15) is 13.6 Å². The van der Waals surface area contributed by atoms with Crippen LogP contribution >= 0.6 is 23.5 Å². The van der Waals surface area contributed by atoms with Gasteiger partial charge in [0.05, 0.1) is 10.6 Å². The quantitative estimate of drug-likeness (QED) is 0.833. The van der Waals surface area contributed by atoms with E-state index in [0.29, 0.717) is 15.7 Å². The first kappa shape index (κ1) is 17.3. The van der Waals surface area contributed by atoms with Gasteiger partial charge >= 0.3 is 0 Å². The molecule has 0 unspecified atom stereocenters. The first-order chi connectivity index (χ1) is 11.5. The van der Waals surface area contributed by atoms with E-state index in [1.54, 1.807) is 6.92 Å². The zero-order valence-electron chi connectivity index (χ0n) is 13.1. The number of thioether (sulfide) groups is 2. The molecule has 1 atom stereocenters. The third-order valence-corrected chi connectivity index (χ3v) is 6.96. The fourth-order valence-corrected chi connectivity index (χ4v) is 5.35. The lowest BCUT2D eigenvalue weighted by Crippen LogP contribution is -2.26. The summed E-state index contributed by atoms with van der Waals surface area (Å²) in [5.74, 6) is 0.276. The van der Waals surface area contributed by atoms with E-state index in [-0.39, 0.29) is 5.91 Å². The molecule has 1 aliphatic rings. The van der Waals surface area contributed by atoms with Crippen LogP contribution in [0.4, 0.5) is 8.78 Å². The number of halogens is 2. The van der Waals surface area contributed by atoms with Crippen molar-refractivity contribution in [2.45, 2.75) is 17.5 Å². The minimum atomic E-state index is -0.912. The van der Waals surface area contributed by atoms with Crippen LogP contribution in [0, 0.1) is 11.6 Å². The molecular weight excluding hydrogens is 348 g/mol. The van der Waals surface area contributed by atoms with E-state index in [1.165, 1.54) is 11.6 Å². The SMILES string of the molecule is C[C@H](NC(=O)c1ccc(C2SCCS2)cc1)c1ccc(F)c(F)c1. The van der Waals surface area contributed by atoms with Gasteiger partial charge in [0.2, 0.25) is 0 Å². The Kier molecular flexibility index (Phi) is 5.46. The monoisotopic (exact) mass is 365 g/mol. The van der Waals surface area contributed by atoms with Crippen LogP contribution in [0.1, 0.15) is 39.0 Å². The van der Waals surface area contributed by atoms with Gasteiger partial charge in [-0.1, -0.05) is 18.2 Å². The topological polar surface area (TPSA) is 29.1 Å². The van der Waals surface area contributed by atoms with Gasteiger partial charge < -0.3 is 5.32 Å². The van der Waals surface area contributed by atoms with Crippen molar-refractivity contribution < 1.29 is 13.6 Å². The predicted molar refractivity (Wildman–Crippen MR) is 96.3 cm³/mol. The number of hydrogen-bond acceptors (Lipinski definition) is 3. The van der Waals surface area contributed by atoms with Crippen molar-refractivity contribution in [1.29, 1.82) is 0 Å². The average Bonchev–Trinajstić information content (AvgIpc) is 3.12. The molecule has 126 valence electrons. The molecule has 2 aromatic rings. The van der Waals surface area contributed by atoms with Gasteiger partial charge in [-0.3, -0.25) is 4.79 Å². The summed E-state index contributed by atoms with van der Waals surface area (Å²) in [5, 5.41) is 2.81. The second-order valence-corrected chi connectivity index (χ2v) is 8.29. The van der Waals surface area contributed by atoms with E-state index in [4.69, 9.17) is 0 Å². The molecule has 2 nitrogen and oxygen atoms in total. The van der Waals surface area contributed by atoms with Gasteiger partial charge in [0, 0.05) is 17.1 Å². The summed E-state index contributed by atoms with van der Waals surface area (Å²) >= 11 is 3.83. The maximum atomic E-state index is 13.3. The average molecular weight is 365 g/mol. The third kappa shape index (κ3) is 3.92. The minimum Gasteiger partial charge on any atom is -0.346 e. The van der Waals surface area contributed by atoms with Crippen molar-refractivity contribution >= 4 is 29.4 Å². The van der Waals surface area contributed by atoms with Crippen LogP contribution in [-0.4, -0.2) is 17.4 Å². The summed E-state index contributed by atoms with van der Waals surface area (Å²) in [7, 11) is 0. The predicted octanol–water partition coefficient (Wildman–Crippen LogP) is 4.93.